The van der Waals surface area contributed by atoms with Gasteiger partial charge in [-0.1, -0.05) is 6.92 Å². The van der Waals surface area contributed by atoms with Crippen molar-refractivity contribution in [1.29, 1.82) is 0 Å². The molecule has 0 amide bonds. The van der Waals surface area contributed by atoms with Crippen LogP contribution in [0.25, 0.3) is 11.5 Å². The van der Waals surface area contributed by atoms with E-state index in [9.17, 15) is 0 Å². The van der Waals surface area contributed by atoms with E-state index in [1.54, 1.807) is 12.7 Å². The lowest BCUT2D eigenvalue weighted by Gasteiger charge is -2.10. The number of hydrogen-bond acceptors (Lipinski definition) is 5. The van der Waals surface area contributed by atoms with Crippen LogP contribution in [0.2, 0.25) is 0 Å². The van der Waals surface area contributed by atoms with E-state index in [0.29, 0.717) is 0 Å². The van der Waals surface area contributed by atoms with Crippen LogP contribution in [0.3, 0.4) is 0 Å². The molecule has 1 N–H and O–H groups in total. The Bertz CT molecular complexity index is 504. The number of nitrogens with one attached hydrogen (secondary N) is 1. The molecule has 0 fully saturated rings. The van der Waals surface area contributed by atoms with Crippen LogP contribution in [-0.4, -0.2) is 31.8 Å². The zero-order valence-corrected chi connectivity index (χ0v) is 10.3. The Hall–Kier alpha value is -1.98. The van der Waals surface area contributed by atoms with E-state index in [1.165, 1.54) is 0 Å². The minimum Gasteiger partial charge on any atom is -0.373 e. The van der Waals surface area contributed by atoms with E-state index < -0.39 is 0 Å². The summed E-state index contributed by atoms with van der Waals surface area (Å²) >= 11 is 0. The summed E-state index contributed by atoms with van der Waals surface area (Å²) in [6, 6.07) is 0. The second-order valence-electron chi connectivity index (χ2n) is 3.55. The Morgan fingerprint density at radius 1 is 1.18 bits per heavy atom. The fraction of sp³-hybridized carbons (Fsp3) is 0.455. The van der Waals surface area contributed by atoms with Crippen molar-refractivity contribution in [2.24, 2.45) is 0 Å². The molecule has 6 nitrogen and oxygen atoms in total. The Labute approximate surface area is 100 Å². The molecule has 0 saturated carbocycles. The van der Waals surface area contributed by atoms with Crippen molar-refractivity contribution in [3.63, 3.8) is 0 Å². The largest absolute Gasteiger partial charge is 0.373 e. The van der Waals surface area contributed by atoms with Gasteiger partial charge in [-0.3, -0.25) is 0 Å². The first-order chi connectivity index (χ1) is 8.31. The summed E-state index contributed by atoms with van der Waals surface area (Å²) < 4.78 is 1.83. The highest BCUT2D eigenvalue weighted by Gasteiger charge is 2.15. The van der Waals surface area contributed by atoms with E-state index in [1.807, 2.05) is 18.7 Å². The van der Waals surface area contributed by atoms with Gasteiger partial charge in [0, 0.05) is 19.2 Å². The monoisotopic (exact) mass is 232 g/mol. The van der Waals surface area contributed by atoms with Crippen LogP contribution in [0.15, 0.2) is 12.7 Å². The lowest BCUT2D eigenvalue weighted by molar-refractivity contribution is 0.663. The SMILES string of the molecule is CCc1c(NC)ncnc1-c1ncnn1CC. The standard InChI is InChI=1S/C11H16N6/c1-4-8-9(13-6-14-10(8)12-3)11-15-7-16-17(11)5-2/h6-7H,4-5H2,1-3H3,(H,12,13,14). The molecule has 0 aliphatic rings. The van der Waals surface area contributed by atoms with E-state index in [2.05, 4.69) is 32.3 Å². The quantitative estimate of drug-likeness (QED) is 0.862. The van der Waals surface area contributed by atoms with Gasteiger partial charge in [0.1, 0.15) is 24.2 Å². The van der Waals surface area contributed by atoms with Crippen LogP contribution in [0.4, 0.5) is 5.82 Å². The molecular weight excluding hydrogens is 216 g/mol. The number of hydrogen-bond donors (Lipinski definition) is 1. The van der Waals surface area contributed by atoms with Gasteiger partial charge in [0.15, 0.2) is 5.82 Å². The van der Waals surface area contributed by atoms with E-state index in [0.717, 1.165) is 35.9 Å². The highest BCUT2D eigenvalue weighted by molar-refractivity contribution is 5.62. The van der Waals surface area contributed by atoms with Crippen LogP contribution in [0.1, 0.15) is 19.4 Å². The third-order valence-corrected chi connectivity index (χ3v) is 2.66. The van der Waals surface area contributed by atoms with Gasteiger partial charge >= 0.3 is 0 Å². The number of aromatic nitrogens is 5. The first-order valence-electron chi connectivity index (χ1n) is 5.71. The third kappa shape index (κ3) is 1.98. The van der Waals surface area contributed by atoms with Crippen molar-refractivity contribution in [2.45, 2.75) is 26.8 Å². The van der Waals surface area contributed by atoms with Gasteiger partial charge in [-0.25, -0.2) is 19.6 Å². The molecule has 6 heteroatoms. The van der Waals surface area contributed by atoms with Gasteiger partial charge in [-0.15, -0.1) is 0 Å². The summed E-state index contributed by atoms with van der Waals surface area (Å²) in [7, 11) is 1.86. The van der Waals surface area contributed by atoms with Crippen LogP contribution in [-0.2, 0) is 13.0 Å². The summed E-state index contributed by atoms with van der Waals surface area (Å²) in [5, 5.41) is 7.24. The summed E-state index contributed by atoms with van der Waals surface area (Å²) in [4.78, 5) is 12.8. The summed E-state index contributed by atoms with van der Waals surface area (Å²) in [6.07, 6.45) is 3.96. The van der Waals surface area contributed by atoms with Gasteiger partial charge in [0.05, 0.1) is 0 Å². The molecule has 0 bridgehead atoms. The molecule has 0 aliphatic carbocycles. The highest BCUT2D eigenvalue weighted by Crippen LogP contribution is 2.23. The summed E-state index contributed by atoms with van der Waals surface area (Å²) in [5.74, 6) is 1.64. The average molecular weight is 232 g/mol. The predicted molar refractivity (Wildman–Crippen MR) is 65.6 cm³/mol. The molecule has 0 spiro atoms. The summed E-state index contributed by atoms with van der Waals surface area (Å²) in [6.45, 7) is 4.89. The second-order valence-corrected chi connectivity index (χ2v) is 3.55. The molecule has 0 atom stereocenters. The highest BCUT2D eigenvalue weighted by atomic mass is 15.3. The molecule has 2 heterocycles. The molecule has 0 aliphatic heterocycles. The topological polar surface area (TPSA) is 68.5 Å². The van der Waals surface area contributed by atoms with Gasteiger partial charge < -0.3 is 5.32 Å². The molecular formula is C11H16N6. The van der Waals surface area contributed by atoms with Crippen molar-refractivity contribution >= 4 is 5.82 Å². The minimum absolute atomic E-state index is 0.775. The fourth-order valence-electron chi connectivity index (χ4n) is 1.83. The van der Waals surface area contributed by atoms with Crippen LogP contribution < -0.4 is 5.32 Å². The third-order valence-electron chi connectivity index (χ3n) is 2.66. The minimum atomic E-state index is 0.775. The normalized spacial score (nSPS) is 10.5. The van der Waals surface area contributed by atoms with Crippen molar-refractivity contribution in [3.05, 3.63) is 18.2 Å². The van der Waals surface area contributed by atoms with Gasteiger partial charge in [0.2, 0.25) is 0 Å². The van der Waals surface area contributed by atoms with Crippen LogP contribution in [0.5, 0.6) is 0 Å². The second kappa shape index (κ2) is 4.90. The van der Waals surface area contributed by atoms with Crippen molar-refractivity contribution in [2.75, 3.05) is 12.4 Å². The molecule has 0 radical (unpaired) electrons. The number of anilines is 1. The molecule has 0 saturated heterocycles. The van der Waals surface area contributed by atoms with E-state index in [4.69, 9.17) is 0 Å². The maximum Gasteiger partial charge on any atom is 0.177 e. The lowest BCUT2D eigenvalue weighted by Crippen LogP contribution is -2.06. The molecule has 0 aromatic carbocycles. The number of rotatable bonds is 4. The van der Waals surface area contributed by atoms with Crippen molar-refractivity contribution < 1.29 is 0 Å². The van der Waals surface area contributed by atoms with Crippen molar-refractivity contribution in [1.82, 2.24) is 24.7 Å². The molecule has 90 valence electrons. The Morgan fingerprint density at radius 2 is 2.00 bits per heavy atom. The Kier molecular flexibility index (Phi) is 3.32. The molecule has 2 rings (SSSR count). The van der Waals surface area contributed by atoms with Crippen molar-refractivity contribution in [3.8, 4) is 11.5 Å². The maximum absolute atomic E-state index is 4.33. The smallest absolute Gasteiger partial charge is 0.177 e. The van der Waals surface area contributed by atoms with Gasteiger partial charge in [-0.05, 0) is 13.3 Å². The number of nitrogens with zero attached hydrogens (tertiary/aromatic N) is 5. The predicted octanol–water partition coefficient (Wildman–Crippen LogP) is 1.36. The Balaban J connectivity index is 2.59. The molecule has 2 aromatic heterocycles. The molecule has 2 aromatic rings. The van der Waals surface area contributed by atoms with Gasteiger partial charge in [0.25, 0.3) is 0 Å². The van der Waals surface area contributed by atoms with Crippen LogP contribution >= 0.6 is 0 Å². The molecule has 17 heavy (non-hydrogen) atoms. The first-order valence-corrected chi connectivity index (χ1v) is 5.71. The zero-order chi connectivity index (χ0) is 12.3. The van der Waals surface area contributed by atoms with E-state index >= 15 is 0 Å². The summed E-state index contributed by atoms with van der Waals surface area (Å²) in [5.41, 5.74) is 1.92. The Morgan fingerprint density at radius 3 is 2.65 bits per heavy atom. The fourth-order valence-corrected chi connectivity index (χ4v) is 1.83. The first kappa shape index (κ1) is 11.5. The number of aryl methyl sites for hydroxylation is 1. The zero-order valence-electron chi connectivity index (χ0n) is 10.3. The lowest BCUT2D eigenvalue weighted by atomic mass is 10.1. The van der Waals surface area contributed by atoms with E-state index in [-0.39, 0.29) is 0 Å². The maximum atomic E-state index is 4.33. The van der Waals surface area contributed by atoms with Crippen LogP contribution in [0, 0.1) is 0 Å². The molecule has 0 unspecified atom stereocenters. The van der Waals surface area contributed by atoms with Gasteiger partial charge in [-0.2, -0.15) is 5.10 Å². The average Bonchev–Trinajstić information content (AvgIpc) is 2.85.